The lowest BCUT2D eigenvalue weighted by molar-refractivity contribution is -0.129. The van der Waals surface area contributed by atoms with Gasteiger partial charge in [-0.15, -0.1) is 11.3 Å². The topological polar surface area (TPSA) is 159 Å². The number of aromatic nitrogens is 1. The number of methoxy groups -OCH3 is 2. The number of aliphatic hydroxyl groups is 1. The van der Waals surface area contributed by atoms with E-state index < -0.39 is 46.1 Å². The van der Waals surface area contributed by atoms with E-state index in [4.69, 9.17) is 9.47 Å². The zero-order valence-corrected chi connectivity index (χ0v) is 31.7. The summed E-state index contributed by atoms with van der Waals surface area (Å²) in [4.78, 5) is 48.0. The molecule has 0 aliphatic carbocycles. The molecule has 0 spiro atoms. The van der Waals surface area contributed by atoms with Gasteiger partial charge in [0.2, 0.25) is 15.9 Å². The molecule has 4 amide bonds. The summed E-state index contributed by atoms with van der Waals surface area (Å²) in [5, 5.41) is 17.2. The minimum absolute atomic E-state index is 0.0348. The zero-order chi connectivity index (χ0) is 37.3. The van der Waals surface area contributed by atoms with Crippen LogP contribution in [-0.2, 0) is 43.9 Å². The third-order valence-corrected chi connectivity index (χ3v) is 11.5. The number of nitrogens with one attached hydrogen (secondary N) is 1. The first-order chi connectivity index (χ1) is 24.3. The molecule has 2 unspecified atom stereocenters. The van der Waals surface area contributed by atoms with Gasteiger partial charge in [-0.2, -0.15) is 4.31 Å². The van der Waals surface area contributed by atoms with E-state index in [-0.39, 0.29) is 49.3 Å². The summed E-state index contributed by atoms with van der Waals surface area (Å²) in [6.07, 6.45) is -0.625. The first kappa shape index (κ1) is 39.9. The molecular formula is C36H49N5O8S2. The Morgan fingerprint density at radius 1 is 1.06 bits per heavy atom. The van der Waals surface area contributed by atoms with Gasteiger partial charge < -0.3 is 24.8 Å². The Kier molecular flexibility index (Phi) is 14.1. The first-order valence-corrected chi connectivity index (χ1v) is 19.3. The van der Waals surface area contributed by atoms with Crippen LogP contribution >= 0.6 is 11.3 Å². The highest BCUT2D eigenvalue weighted by Crippen LogP contribution is 2.25. The summed E-state index contributed by atoms with van der Waals surface area (Å²) in [5.74, 6) is -0.906. The number of thiazole rings is 1. The van der Waals surface area contributed by atoms with Gasteiger partial charge >= 0.3 is 6.03 Å². The van der Waals surface area contributed by atoms with Crippen molar-refractivity contribution in [1.82, 2.24) is 24.4 Å². The van der Waals surface area contributed by atoms with Crippen LogP contribution in [0.25, 0.3) is 0 Å². The number of imide groups is 1. The second-order valence-corrected chi connectivity index (χ2v) is 16.0. The molecule has 4 rings (SSSR count). The highest BCUT2D eigenvalue weighted by molar-refractivity contribution is 7.89. The molecule has 2 N–H and O–H groups in total. The standard InChI is InChI=1S/C36H49N5O8S2/c1-7-25(4)34(41-21-33(43)40(36(41)45)19-27-23-50-32(37-27)22-48-5)35(44)38-30(17-26-11-9-8-10-12-26)31(42)20-39(18-24(2)3)51(46,47)29-15-13-28(49-6)14-16-29/h8-16,23-25,30-31,34,42H,7,17-22H2,1-6H3,(H,38,44)/t25?,30-,31+,34?/m0/s1. The van der Waals surface area contributed by atoms with Crippen molar-refractivity contribution in [2.45, 2.75) is 76.8 Å². The van der Waals surface area contributed by atoms with Crippen molar-refractivity contribution in [3.63, 3.8) is 0 Å². The molecule has 1 saturated heterocycles. The quantitative estimate of drug-likeness (QED) is 0.174. The molecule has 1 aliphatic rings. The van der Waals surface area contributed by atoms with Gasteiger partial charge in [-0.05, 0) is 48.1 Å². The lowest BCUT2D eigenvalue weighted by Crippen LogP contribution is -2.57. The molecule has 0 radical (unpaired) electrons. The van der Waals surface area contributed by atoms with Crippen molar-refractivity contribution in [1.29, 1.82) is 0 Å². The van der Waals surface area contributed by atoms with E-state index in [9.17, 15) is 27.9 Å². The normalized spacial score (nSPS) is 16.1. The average molecular weight is 744 g/mol. The molecule has 0 bridgehead atoms. The minimum atomic E-state index is -4.05. The van der Waals surface area contributed by atoms with Gasteiger partial charge in [-0.25, -0.2) is 18.2 Å². The van der Waals surface area contributed by atoms with E-state index in [0.717, 1.165) is 10.5 Å². The summed E-state index contributed by atoms with van der Waals surface area (Å²) < 4.78 is 39.3. The molecule has 3 aromatic rings. The number of rotatable bonds is 19. The third kappa shape index (κ3) is 10.1. The Morgan fingerprint density at radius 2 is 1.75 bits per heavy atom. The lowest BCUT2D eigenvalue weighted by Gasteiger charge is -2.34. The second-order valence-electron chi connectivity index (χ2n) is 13.1. The number of aliphatic hydroxyl groups excluding tert-OH is 1. The maximum Gasteiger partial charge on any atom is 0.328 e. The van der Waals surface area contributed by atoms with Crippen molar-refractivity contribution in [2.24, 2.45) is 11.8 Å². The monoisotopic (exact) mass is 743 g/mol. The van der Waals surface area contributed by atoms with Crippen molar-refractivity contribution in [2.75, 3.05) is 33.9 Å². The van der Waals surface area contributed by atoms with Crippen LogP contribution in [0.15, 0.2) is 64.9 Å². The van der Waals surface area contributed by atoms with Gasteiger partial charge in [0.05, 0.1) is 43.0 Å². The van der Waals surface area contributed by atoms with Crippen LogP contribution in [0.2, 0.25) is 0 Å². The van der Waals surface area contributed by atoms with Gasteiger partial charge in [0.25, 0.3) is 5.91 Å². The van der Waals surface area contributed by atoms with Crippen LogP contribution in [0.4, 0.5) is 4.79 Å². The van der Waals surface area contributed by atoms with Gasteiger partial charge in [0, 0.05) is 25.6 Å². The molecule has 15 heteroatoms. The van der Waals surface area contributed by atoms with E-state index in [1.54, 1.807) is 24.6 Å². The van der Waals surface area contributed by atoms with Crippen LogP contribution in [0.1, 0.15) is 50.4 Å². The van der Waals surface area contributed by atoms with E-state index in [1.807, 2.05) is 58.0 Å². The van der Waals surface area contributed by atoms with Gasteiger partial charge in [0.1, 0.15) is 23.3 Å². The Labute approximate surface area is 304 Å². The van der Waals surface area contributed by atoms with Crippen molar-refractivity contribution < 1.29 is 37.4 Å². The number of nitrogens with zero attached hydrogens (tertiary/aromatic N) is 4. The van der Waals surface area contributed by atoms with Crippen LogP contribution < -0.4 is 10.1 Å². The highest BCUT2D eigenvalue weighted by Gasteiger charge is 2.45. The lowest BCUT2D eigenvalue weighted by atomic mass is 9.95. The van der Waals surface area contributed by atoms with Gasteiger partial charge in [0.15, 0.2) is 0 Å². The summed E-state index contributed by atoms with van der Waals surface area (Å²) in [5.41, 5.74) is 1.35. The largest absolute Gasteiger partial charge is 0.497 e. The summed E-state index contributed by atoms with van der Waals surface area (Å²) in [6, 6.07) is 12.7. The third-order valence-electron chi connectivity index (χ3n) is 8.81. The molecule has 1 aliphatic heterocycles. The number of carbonyl (C=O) groups is 3. The number of urea groups is 1. The highest BCUT2D eigenvalue weighted by atomic mass is 32.2. The Bertz CT molecular complexity index is 1720. The number of hydrogen-bond donors (Lipinski definition) is 2. The summed E-state index contributed by atoms with van der Waals surface area (Å²) in [7, 11) is -0.997. The molecule has 1 aromatic heterocycles. The predicted octanol–water partition coefficient (Wildman–Crippen LogP) is 3.91. The average Bonchev–Trinajstić information content (AvgIpc) is 3.67. The number of benzene rings is 2. The number of hydrogen-bond acceptors (Lipinski definition) is 10. The maximum absolute atomic E-state index is 14.3. The molecule has 2 heterocycles. The number of ether oxygens (including phenoxy) is 2. The smallest absolute Gasteiger partial charge is 0.328 e. The number of carbonyl (C=O) groups excluding carboxylic acids is 3. The van der Waals surface area contributed by atoms with Crippen molar-refractivity contribution in [3.8, 4) is 5.75 Å². The number of amides is 4. The fourth-order valence-electron chi connectivity index (χ4n) is 5.97. The molecule has 4 atom stereocenters. The minimum Gasteiger partial charge on any atom is -0.497 e. The Balaban J connectivity index is 1.60. The van der Waals surface area contributed by atoms with Crippen LogP contribution in [-0.4, -0.2) is 103 Å². The molecule has 1 fully saturated rings. The number of sulfonamides is 1. The van der Waals surface area contributed by atoms with Crippen molar-refractivity contribution >= 4 is 39.2 Å². The molecule has 13 nitrogen and oxygen atoms in total. The molecule has 51 heavy (non-hydrogen) atoms. The Morgan fingerprint density at radius 3 is 2.35 bits per heavy atom. The first-order valence-electron chi connectivity index (χ1n) is 17.0. The molecular weight excluding hydrogens is 695 g/mol. The van der Waals surface area contributed by atoms with Gasteiger partial charge in [-0.1, -0.05) is 64.4 Å². The molecule has 0 saturated carbocycles. The van der Waals surface area contributed by atoms with Crippen LogP contribution in [0.3, 0.4) is 0 Å². The summed E-state index contributed by atoms with van der Waals surface area (Å²) >= 11 is 1.37. The molecule has 278 valence electrons. The second kappa shape index (κ2) is 18.0. The summed E-state index contributed by atoms with van der Waals surface area (Å²) in [6.45, 7) is 7.30. The SMILES string of the molecule is CCC(C)C(C(=O)N[C@@H](Cc1ccccc1)[C@H](O)CN(CC(C)C)S(=O)(=O)c1ccc(OC)cc1)N1CC(=O)N(Cc2csc(COC)n2)C1=O. The maximum atomic E-state index is 14.3. The van der Waals surface area contributed by atoms with E-state index >= 15 is 0 Å². The predicted molar refractivity (Wildman–Crippen MR) is 193 cm³/mol. The van der Waals surface area contributed by atoms with E-state index in [1.165, 1.54) is 39.8 Å². The van der Waals surface area contributed by atoms with E-state index in [2.05, 4.69) is 10.3 Å². The molecule has 2 aromatic carbocycles. The fourth-order valence-corrected chi connectivity index (χ4v) is 8.34. The Hall–Kier alpha value is -3.89. The van der Waals surface area contributed by atoms with Crippen LogP contribution in [0, 0.1) is 11.8 Å². The van der Waals surface area contributed by atoms with Crippen LogP contribution in [0.5, 0.6) is 5.75 Å². The van der Waals surface area contributed by atoms with Gasteiger partial charge in [-0.3, -0.25) is 14.5 Å². The zero-order valence-electron chi connectivity index (χ0n) is 30.0. The van der Waals surface area contributed by atoms with E-state index in [0.29, 0.717) is 29.5 Å². The fraction of sp³-hybridized carbons (Fsp3) is 0.500. The van der Waals surface area contributed by atoms with Crippen molar-refractivity contribution in [3.05, 3.63) is 76.2 Å².